The molecule has 1 unspecified atom stereocenters. The van der Waals surface area contributed by atoms with Gasteiger partial charge in [-0.1, -0.05) is 5.11 Å². The van der Waals surface area contributed by atoms with Crippen molar-refractivity contribution in [1.29, 1.82) is 0 Å². The van der Waals surface area contributed by atoms with Crippen molar-refractivity contribution >= 4 is 5.97 Å². The van der Waals surface area contributed by atoms with Gasteiger partial charge in [-0.25, -0.2) is 0 Å². The van der Waals surface area contributed by atoms with E-state index in [9.17, 15) is 9.90 Å². The molecule has 0 aromatic carbocycles. The average Bonchev–Trinajstić information content (AvgIpc) is 2.66. The highest BCUT2D eigenvalue weighted by Crippen LogP contribution is 2.30. The molecule has 0 heterocycles. The zero-order valence-electron chi connectivity index (χ0n) is 9.22. The molecule has 1 rings (SSSR count). The molecule has 0 aromatic heterocycles. The molecule has 0 saturated carbocycles. The third kappa shape index (κ3) is 3.25. The predicted octanol–water partition coefficient (Wildman–Crippen LogP) is 2.05. The smallest absolute Gasteiger partial charge is 0.308 e. The third-order valence-corrected chi connectivity index (χ3v) is 2.46. The maximum Gasteiger partial charge on any atom is 0.308 e. The Bertz CT molecular complexity index is 345. The van der Waals surface area contributed by atoms with Gasteiger partial charge in [-0.05, 0) is 37.3 Å². The number of carbonyl (C=O) groups is 1. The number of rotatable bonds is 5. The number of allylic oxidation sites excluding steroid dienone is 1. The number of esters is 1. The fourth-order valence-corrected chi connectivity index (χ4v) is 1.78. The molecule has 1 N–H and O–H groups in total. The Balaban J connectivity index is 2.65. The molecular formula is C10H15N3O3. The fraction of sp³-hybridized carbons (Fsp3) is 0.700. The minimum Gasteiger partial charge on any atom is -0.466 e. The summed E-state index contributed by atoms with van der Waals surface area (Å²) in [5, 5.41) is 13.3. The lowest BCUT2D eigenvalue weighted by molar-refractivity contribution is -0.144. The van der Waals surface area contributed by atoms with Crippen molar-refractivity contribution in [1.82, 2.24) is 0 Å². The van der Waals surface area contributed by atoms with Crippen LogP contribution in [0.25, 0.3) is 10.4 Å². The summed E-state index contributed by atoms with van der Waals surface area (Å²) in [4.78, 5) is 13.9. The summed E-state index contributed by atoms with van der Waals surface area (Å²) in [6, 6.07) is 0. The molecule has 6 heteroatoms. The number of hydrogen-bond acceptors (Lipinski definition) is 4. The van der Waals surface area contributed by atoms with Gasteiger partial charge >= 0.3 is 5.97 Å². The van der Waals surface area contributed by atoms with E-state index in [1.807, 2.05) is 0 Å². The second-order valence-electron chi connectivity index (χ2n) is 3.54. The van der Waals surface area contributed by atoms with Crippen molar-refractivity contribution in [2.45, 2.75) is 38.7 Å². The highest BCUT2D eigenvalue weighted by molar-refractivity contribution is 5.70. The zero-order valence-corrected chi connectivity index (χ0v) is 9.22. The van der Waals surface area contributed by atoms with E-state index in [1.165, 1.54) is 0 Å². The van der Waals surface area contributed by atoms with Gasteiger partial charge in [0.2, 0.25) is 0 Å². The summed E-state index contributed by atoms with van der Waals surface area (Å²) >= 11 is 0. The molecule has 0 radical (unpaired) electrons. The molecule has 88 valence electrons. The maximum absolute atomic E-state index is 11.2. The molecule has 6 nitrogen and oxygen atoms in total. The standard InChI is InChI=1S/C10H15N3O3/c1-2-16-10(15)6-9(14)7-4-3-5-8(7)12-13-11/h9,14H,2-6H2,1H3. The van der Waals surface area contributed by atoms with Crippen LogP contribution in [0.2, 0.25) is 0 Å². The van der Waals surface area contributed by atoms with Crippen LogP contribution in [0, 0.1) is 0 Å². The summed E-state index contributed by atoms with van der Waals surface area (Å²) in [5.74, 6) is -0.435. The van der Waals surface area contributed by atoms with Crippen LogP contribution >= 0.6 is 0 Å². The Labute approximate surface area is 93.5 Å². The summed E-state index contributed by atoms with van der Waals surface area (Å²) in [5.41, 5.74) is 9.58. The SMILES string of the molecule is CCOC(=O)CC(O)C1=C(N=[N+]=[N-])CCC1. The number of azide groups is 1. The number of aliphatic hydroxyl groups excluding tert-OH is 1. The van der Waals surface area contributed by atoms with Gasteiger partial charge in [0.25, 0.3) is 0 Å². The van der Waals surface area contributed by atoms with Crippen LogP contribution in [0.15, 0.2) is 16.4 Å². The van der Waals surface area contributed by atoms with Crippen molar-refractivity contribution in [3.8, 4) is 0 Å². The van der Waals surface area contributed by atoms with Gasteiger partial charge < -0.3 is 9.84 Å². The van der Waals surface area contributed by atoms with E-state index in [1.54, 1.807) is 6.92 Å². The first-order valence-electron chi connectivity index (χ1n) is 5.29. The van der Waals surface area contributed by atoms with Gasteiger partial charge in [0.05, 0.1) is 19.1 Å². The third-order valence-electron chi connectivity index (χ3n) is 2.46. The van der Waals surface area contributed by atoms with Gasteiger partial charge in [0.1, 0.15) is 0 Å². The van der Waals surface area contributed by atoms with Gasteiger partial charge in [0, 0.05) is 10.6 Å². The molecule has 0 amide bonds. The van der Waals surface area contributed by atoms with E-state index in [-0.39, 0.29) is 6.42 Å². The van der Waals surface area contributed by atoms with Gasteiger partial charge in [0.15, 0.2) is 0 Å². The van der Waals surface area contributed by atoms with Crippen molar-refractivity contribution in [3.05, 3.63) is 21.7 Å². The Morgan fingerprint density at radius 2 is 2.44 bits per heavy atom. The Morgan fingerprint density at radius 1 is 1.69 bits per heavy atom. The predicted molar refractivity (Wildman–Crippen MR) is 57.3 cm³/mol. The zero-order chi connectivity index (χ0) is 12.0. The summed E-state index contributed by atoms with van der Waals surface area (Å²) in [7, 11) is 0. The van der Waals surface area contributed by atoms with E-state index in [2.05, 4.69) is 10.0 Å². The molecule has 1 aliphatic carbocycles. The Morgan fingerprint density at radius 3 is 3.06 bits per heavy atom. The number of aliphatic hydroxyl groups is 1. The van der Waals surface area contributed by atoms with Crippen LogP contribution in [0.1, 0.15) is 32.6 Å². The van der Waals surface area contributed by atoms with E-state index in [4.69, 9.17) is 10.3 Å². The summed E-state index contributed by atoms with van der Waals surface area (Å²) in [6.45, 7) is 2.01. The molecule has 0 fully saturated rings. The molecule has 0 aromatic rings. The number of nitrogens with zero attached hydrogens (tertiary/aromatic N) is 3. The molecule has 0 saturated heterocycles. The number of hydrogen-bond donors (Lipinski definition) is 1. The van der Waals surface area contributed by atoms with Gasteiger partial charge in [-0.3, -0.25) is 4.79 Å². The van der Waals surface area contributed by atoms with E-state index in [0.29, 0.717) is 30.7 Å². The molecular weight excluding hydrogens is 210 g/mol. The summed E-state index contributed by atoms with van der Waals surface area (Å²) in [6.07, 6.45) is 1.23. The van der Waals surface area contributed by atoms with Crippen LogP contribution in [0.3, 0.4) is 0 Å². The first-order valence-corrected chi connectivity index (χ1v) is 5.29. The van der Waals surface area contributed by atoms with Crippen molar-refractivity contribution in [2.24, 2.45) is 5.11 Å². The molecule has 16 heavy (non-hydrogen) atoms. The lowest BCUT2D eigenvalue weighted by atomic mass is 10.1. The lowest BCUT2D eigenvalue weighted by Gasteiger charge is -2.12. The highest BCUT2D eigenvalue weighted by Gasteiger charge is 2.22. The summed E-state index contributed by atoms with van der Waals surface area (Å²) < 4.78 is 4.74. The first-order chi connectivity index (χ1) is 7.69. The van der Waals surface area contributed by atoms with Crippen LogP contribution in [0.4, 0.5) is 0 Å². The fourth-order valence-electron chi connectivity index (χ4n) is 1.78. The molecule has 0 aliphatic heterocycles. The van der Waals surface area contributed by atoms with Gasteiger partial charge in [-0.15, -0.1) is 0 Å². The first kappa shape index (κ1) is 12.5. The monoisotopic (exact) mass is 225 g/mol. The normalized spacial score (nSPS) is 16.9. The lowest BCUT2D eigenvalue weighted by Crippen LogP contribution is -2.17. The van der Waals surface area contributed by atoms with Crippen molar-refractivity contribution in [2.75, 3.05) is 6.61 Å². The molecule has 1 atom stereocenters. The molecule has 1 aliphatic rings. The van der Waals surface area contributed by atoms with Crippen LogP contribution < -0.4 is 0 Å². The second kappa shape index (κ2) is 6.15. The Kier molecular flexibility index (Phi) is 4.82. The number of ether oxygens (including phenoxy) is 1. The molecule has 0 spiro atoms. The second-order valence-corrected chi connectivity index (χ2v) is 3.54. The average molecular weight is 225 g/mol. The molecule has 0 bridgehead atoms. The van der Waals surface area contributed by atoms with Crippen LogP contribution in [-0.2, 0) is 9.53 Å². The van der Waals surface area contributed by atoms with Crippen molar-refractivity contribution < 1.29 is 14.6 Å². The maximum atomic E-state index is 11.2. The Hall–Kier alpha value is -1.52. The minimum atomic E-state index is -0.887. The van der Waals surface area contributed by atoms with Crippen LogP contribution in [0.5, 0.6) is 0 Å². The number of carbonyl (C=O) groups excluding carboxylic acids is 1. The van der Waals surface area contributed by atoms with E-state index >= 15 is 0 Å². The van der Waals surface area contributed by atoms with E-state index in [0.717, 1.165) is 6.42 Å². The van der Waals surface area contributed by atoms with Gasteiger partial charge in [-0.2, -0.15) is 0 Å². The topological polar surface area (TPSA) is 95.3 Å². The minimum absolute atomic E-state index is 0.0758. The van der Waals surface area contributed by atoms with Crippen LogP contribution in [-0.4, -0.2) is 23.8 Å². The highest BCUT2D eigenvalue weighted by atomic mass is 16.5. The van der Waals surface area contributed by atoms with Crippen molar-refractivity contribution in [3.63, 3.8) is 0 Å². The largest absolute Gasteiger partial charge is 0.466 e. The quantitative estimate of drug-likeness (QED) is 0.335. The van der Waals surface area contributed by atoms with E-state index < -0.39 is 12.1 Å².